The van der Waals surface area contributed by atoms with E-state index in [0.717, 1.165) is 67.3 Å². The number of ether oxygens (including phenoxy) is 2. The third kappa shape index (κ3) is 8.56. The monoisotopic (exact) mass is 548 g/mol. The molecule has 4 aromatic rings. The van der Waals surface area contributed by atoms with Crippen LogP contribution in [0, 0.1) is 12.3 Å². The Morgan fingerprint density at radius 2 is 1.87 bits per heavy atom. The van der Waals surface area contributed by atoms with Crippen LogP contribution in [0.4, 0.5) is 0 Å². The predicted molar refractivity (Wildman–Crippen MR) is 155 cm³/mol. The van der Waals surface area contributed by atoms with Gasteiger partial charge in [0.2, 0.25) is 0 Å². The van der Waals surface area contributed by atoms with Gasteiger partial charge in [-0.3, -0.25) is 5.41 Å². The van der Waals surface area contributed by atoms with E-state index in [1.54, 1.807) is 23.5 Å². The largest absolute Gasteiger partial charge is 0.504 e. The molecule has 10 heteroatoms. The first kappa shape index (κ1) is 28.1. The molecule has 2 aromatic carbocycles. The molecule has 39 heavy (non-hydrogen) atoms. The van der Waals surface area contributed by atoms with Crippen molar-refractivity contribution in [2.24, 2.45) is 5.73 Å². The highest BCUT2D eigenvalue weighted by atomic mass is 32.1. The van der Waals surface area contributed by atoms with Crippen molar-refractivity contribution in [3.63, 3.8) is 0 Å². The number of aromatic hydroxyl groups is 1. The third-order valence-corrected chi connectivity index (χ3v) is 7.10. The summed E-state index contributed by atoms with van der Waals surface area (Å²) in [6.07, 6.45) is 9.38. The van der Waals surface area contributed by atoms with Crippen molar-refractivity contribution in [3.8, 4) is 28.5 Å². The Morgan fingerprint density at radius 3 is 2.59 bits per heavy atom. The van der Waals surface area contributed by atoms with Gasteiger partial charge in [-0.15, -0.1) is 11.3 Å². The minimum atomic E-state index is -0.0873. The van der Waals surface area contributed by atoms with Gasteiger partial charge in [0.15, 0.2) is 11.5 Å². The fraction of sp³-hybridized carbons (Fsp3) is 0.345. The van der Waals surface area contributed by atoms with E-state index in [1.807, 2.05) is 37.8 Å². The van der Waals surface area contributed by atoms with Gasteiger partial charge >= 0.3 is 0 Å². The Balaban J connectivity index is 1.14. The lowest BCUT2D eigenvalue weighted by Gasteiger charge is -2.10. The fourth-order valence-electron chi connectivity index (χ4n) is 4.09. The second kappa shape index (κ2) is 14.3. The van der Waals surface area contributed by atoms with Crippen molar-refractivity contribution >= 4 is 17.2 Å². The number of hydrogen-bond donors (Lipinski definition) is 4. The number of phenols is 1. The molecule has 2 heterocycles. The van der Waals surface area contributed by atoms with Crippen LogP contribution in [-0.4, -0.2) is 45.2 Å². The summed E-state index contributed by atoms with van der Waals surface area (Å²) in [5, 5.41) is 22.0. The van der Waals surface area contributed by atoms with E-state index in [4.69, 9.17) is 25.6 Å². The van der Waals surface area contributed by atoms with Crippen molar-refractivity contribution in [2.75, 3.05) is 19.8 Å². The van der Waals surface area contributed by atoms with E-state index in [9.17, 15) is 5.11 Å². The molecule has 0 aliphatic rings. The van der Waals surface area contributed by atoms with Crippen molar-refractivity contribution < 1.29 is 14.6 Å². The van der Waals surface area contributed by atoms with Gasteiger partial charge < -0.3 is 30.2 Å². The minimum absolute atomic E-state index is 0.00715. The molecule has 0 unspecified atom stereocenters. The zero-order valence-electron chi connectivity index (χ0n) is 22.2. The third-order valence-electron chi connectivity index (χ3n) is 6.13. The first-order valence-corrected chi connectivity index (χ1v) is 14.0. The van der Waals surface area contributed by atoms with Gasteiger partial charge in [0, 0.05) is 41.5 Å². The molecule has 0 atom stereocenters. The molecule has 0 spiro atoms. The molecule has 206 valence electrons. The van der Waals surface area contributed by atoms with Gasteiger partial charge in [0.1, 0.15) is 11.6 Å². The number of phenolic OH excluding ortho intramolecular Hbond substituents is 1. The molecular weight excluding hydrogens is 512 g/mol. The van der Waals surface area contributed by atoms with Crippen LogP contribution in [0.1, 0.15) is 41.1 Å². The lowest BCUT2D eigenvalue weighted by Crippen LogP contribution is -2.16. The maximum absolute atomic E-state index is 10.00. The number of nitrogens with two attached hydrogens (primary N) is 1. The molecule has 0 amide bonds. The molecule has 0 saturated carbocycles. The van der Waals surface area contributed by atoms with Gasteiger partial charge in [-0.1, -0.05) is 0 Å². The SMILES string of the molecule is Cc1nc(-c2ccc(OCCCCCOc3ccc(C(=N)N)cc3O)cc2)c(CNCCCn2ccnc2)s1. The van der Waals surface area contributed by atoms with Crippen LogP contribution in [-0.2, 0) is 13.1 Å². The van der Waals surface area contributed by atoms with Gasteiger partial charge in [-0.05, 0) is 81.6 Å². The summed E-state index contributed by atoms with van der Waals surface area (Å²) >= 11 is 1.74. The maximum Gasteiger partial charge on any atom is 0.160 e. The summed E-state index contributed by atoms with van der Waals surface area (Å²) in [7, 11) is 0. The number of thiazole rings is 1. The highest BCUT2D eigenvalue weighted by Gasteiger charge is 2.11. The number of nitrogen functional groups attached to an aromatic ring is 1. The highest BCUT2D eigenvalue weighted by molar-refractivity contribution is 7.12. The summed E-state index contributed by atoms with van der Waals surface area (Å²) in [5.41, 5.74) is 8.03. The first-order valence-electron chi connectivity index (χ1n) is 13.2. The summed E-state index contributed by atoms with van der Waals surface area (Å²) < 4.78 is 13.7. The van der Waals surface area contributed by atoms with Crippen molar-refractivity contribution in [1.82, 2.24) is 19.9 Å². The summed E-state index contributed by atoms with van der Waals surface area (Å²) in [4.78, 5) is 10.1. The van der Waals surface area contributed by atoms with Gasteiger partial charge in [-0.2, -0.15) is 0 Å². The fourth-order valence-corrected chi connectivity index (χ4v) is 5.02. The maximum atomic E-state index is 10.00. The number of unbranched alkanes of at least 4 members (excludes halogenated alkanes) is 2. The molecule has 0 fully saturated rings. The summed E-state index contributed by atoms with van der Waals surface area (Å²) in [6, 6.07) is 12.9. The molecule has 0 aliphatic carbocycles. The Hall–Kier alpha value is -3.89. The van der Waals surface area contributed by atoms with Crippen LogP contribution < -0.4 is 20.5 Å². The summed E-state index contributed by atoms with van der Waals surface area (Å²) in [5.74, 6) is 1.15. The smallest absolute Gasteiger partial charge is 0.160 e. The molecule has 4 rings (SSSR count). The molecule has 5 N–H and O–H groups in total. The molecule has 2 aromatic heterocycles. The van der Waals surface area contributed by atoms with Gasteiger partial charge in [0.05, 0.1) is 30.2 Å². The predicted octanol–water partition coefficient (Wildman–Crippen LogP) is 5.11. The van der Waals surface area contributed by atoms with Crippen LogP contribution in [0.2, 0.25) is 0 Å². The number of imidazole rings is 1. The van der Waals surface area contributed by atoms with Crippen molar-refractivity contribution in [3.05, 3.63) is 76.6 Å². The number of aryl methyl sites for hydroxylation is 2. The second-order valence-corrected chi connectivity index (χ2v) is 10.5. The zero-order valence-corrected chi connectivity index (χ0v) is 23.0. The van der Waals surface area contributed by atoms with Gasteiger partial charge in [-0.25, -0.2) is 9.97 Å². The minimum Gasteiger partial charge on any atom is -0.504 e. The van der Waals surface area contributed by atoms with E-state index in [1.165, 1.54) is 10.9 Å². The van der Waals surface area contributed by atoms with Crippen LogP contribution in [0.25, 0.3) is 11.3 Å². The van der Waals surface area contributed by atoms with Crippen LogP contribution in [0.5, 0.6) is 17.2 Å². The van der Waals surface area contributed by atoms with Crippen LogP contribution >= 0.6 is 11.3 Å². The topological polar surface area (TPSA) is 131 Å². The van der Waals surface area contributed by atoms with Crippen molar-refractivity contribution in [1.29, 1.82) is 5.41 Å². The van der Waals surface area contributed by atoms with E-state index < -0.39 is 0 Å². The standard InChI is InChI=1S/C29H36N6O3S/c1-21-34-28(27(39-21)19-32-12-5-14-35-15-13-33-20-35)22-6-9-24(10-7-22)37-16-3-2-4-17-38-26-11-8-23(29(30)31)18-25(26)36/h6-11,13,15,18,20,32,36H,2-5,12,14,16-17,19H2,1H3,(H3,30,31). The average Bonchev–Trinajstić information content (AvgIpc) is 3.58. The number of amidine groups is 1. The normalized spacial score (nSPS) is 11.0. The Bertz CT molecular complexity index is 1320. The molecule has 0 aliphatic heterocycles. The number of nitrogens with one attached hydrogen (secondary N) is 2. The number of benzene rings is 2. The highest BCUT2D eigenvalue weighted by Crippen LogP contribution is 2.30. The second-order valence-electron chi connectivity index (χ2n) is 9.21. The van der Waals surface area contributed by atoms with Crippen LogP contribution in [0.15, 0.2) is 61.2 Å². The first-order chi connectivity index (χ1) is 19.0. The van der Waals surface area contributed by atoms with Gasteiger partial charge in [0.25, 0.3) is 0 Å². The molecule has 0 bridgehead atoms. The lowest BCUT2D eigenvalue weighted by molar-refractivity contribution is 0.272. The van der Waals surface area contributed by atoms with Crippen molar-refractivity contribution in [2.45, 2.75) is 45.7 Å². The molecular formula is C29H36N6O3S. The number of aromatic nitrogens is 3. The van der Waals surface area contributed by atoms with Crippen LogP contribution in [0.3, 0.4) is 0 Å². The average molecular weight is 549 g/mol. The Labute approximate surface area is 233 Å². The lowest BCUT2D eigenvalue weighted by atomic mass is 10.1. The van der Waals surface area contributed by atoms with E-state index >= 15 is 0 Å². The Morgan fingerprint density at radius 1 is 1.08 bits per heavy atom. The summed E-state index contributed by atoms with van der Waals surface area (Å²) in [6.45, 7) is 5.86. The Kier molecular flexibility index (Phi) is 10.3. The quantitative estimate of drug-likeness (QED) is 0.0869. The molecule has 0 saturated heterocycles. The zero-order chi connectivity index (χ0) is 27.5. The van der Waals surface area contributed by atoms with E-state index in [2.05, 4.69) is 27.0 Å². The number of nitrogens with zero attached hydrogens (tertiary/aromatic N) is 3. The van der Waals surface area contributed by atoms with E-state index in [0.29, 0.717) is 24.5 Å². The number of hydrogen-bond acceptors (Lipinski definition) is 8. The molecule has 9 nitrogen and oxygen atoms in total. The van der Waals surface area contributed by atoms with E-state index in [-0.39, 0.29) is 11.6 Å². The molecule has 0 radical (unpaired) electrons. The number of rotatable bonds is 16.